The van der Waals surface area contributed by atoms with E-state index < -0.39 is 5.56 Å². The molecule has 6 nitrogen and oxygen atoms in total. The number of nitrogens with zero attached hydrogens (tertiary/aromatic N) is 3. The molecule has 0 bridgehead atoms. The van der Waals surface area contributed by atoms with Crippen molar-refractivity contribution in [3.05, 3.63) is 50.1 Å². The van der Waals surface area contributed by atoms with Gasteiger partial charge in [-0.2, -0.15) is 14.9 Å². The second-order valence-electron chi connectivity index (χ2n) is 6.23. The summed E-state index contributed by atoms with van der Waals surface area (Å²) < 4.78 is 6.94. The molecule has 0 spiro atoms. The number of halogens is 1. The zero-order valence-electron chi connectivity index (χ0n) is 15.5. The van der Waals surface area contributed by atoms with Crippen LogP contribution in [0.3, 0.4) is 0 Å². The number of rotatable bonds is 11. The smallest absolute Gasteiger partial charge is 0.293 e. The fourth-order valence-corrected chi connectivity index (χ4v) is 2.97. The Morgan fingerprint density at radius 1 is 1.26 bits per heavy atom. The van der Waals surface area contributed by atoms with Gasteiger partial charge in [-0.05, 0) is 42.4 Å². The first kappa shape index (κ1) is 21.3. The first-order valence-corrected chi connectivity index (χ1v) is 10.0. The first-order chi connectivity index (χ1) is 13.1. The number of aromatic nitrogens is 3. The highest BCUT2D eigenvalue weighted by Crippen LogP contribution is 2.25. The largest absolute Gasteiger partial charge is 0.492 e. The number of nitrogens with one attached hydrogen (secondary N) is 1. The van der Waals surface area contributed by atoms with E-state index in [4.69, 9.17) is 28.6 Å². The van der Waals surface area contributed by atoms with Crippen molar-refractivity contribution < 1.29 is 4.74 Å². The van der Waals surface area contributed by atoms with E-state index in [0.717, 1.165) is 22.9 Å². The molecule has 0 unspecified atom stereocenters. The topological polar surface area (TPSA) is 72.3 Å². The van der Waals surface area contributed by atoms with Gasteiger partial charge in [0.2, 0.25) is 4.77 Å². The third kappa shape index (κ3) is 7.27. The number of hydrogen-bond donors (Lipinski definition) is 1. The Morgan fingerprint density at radius 3 is 2.70 bits per heavy atom. The lowest BCUT2D eigenvalue weighted by Gasteiger charge is -2.08. The lowest BCUT2D eigenvalue weighted by molar-refractivity contribution is 0.304. The number of hydrogen-bond acceptors (Lipinski definition) is 5. The normalized spacial score (nSPS) is 11.2. The van der Waals surface area contributed by atoms with Crippen molar-refractivity contribution in [2.24, 2.45) is 5.10 Å². The quantitative estimate of drug-likeness (QED) is 0.324. The summed E-state index contributed by atoms with van der Waals surface area (Å²) in [4.78, 5) is 11.7. The predicted octanol–water partition coefficient (Wildman–Crippen LogP) is 4.97. The van der Waals surface area contributed by atoms with Gasteiger partial charge in [-0.1, -0.05) is 57.0 Å². The van der Waals surface area contributed by atoms with Crippen molar-refractivity contribution in [3.8, 4) is 5.75 Å². The van der Waals surface area contributed by atoms with E-state index in [1.165, 1.54) is 44.7 Å². The zero-order valence-corrected chi connectivity index (χ0v) is 17.1. The molecular formula is C19H25ClN4O2S. The Labute approximate surface area is 169 Å². The molecule has 1 aromatic heterocycles. The van der Waals surface area contributed by atoms with Crippen LogP contribution in [0.15, 0.2) is 34.3 Å². The molecule has 0 saturated heterocycles. The van der Waals surface area contributed by atoms with Crippen molar-refractivity contribution in [1.29, 1.82) is 0 Å². The molecule has 1 aromatic carbocycles. The van der Waals surface area contributed by atoms with Gasteiger partial charge in [0.1, 0.15) is 11.9 Å². The van der Waals surface area contributed by atoms with Crippen LogP contribution >= 0.6 is 23.8 Å². The molecule has 0 amide bonds. The van der Waals surface area contributed by atoms with Crippen molar-refractivity contribution in [1.82, 2.24) is 14.9 Å². The van der Waals surface area contributed by atoms with Crippen LogP contribution < -0.4 is 10.3 Å². The van der Waals surface area contributed by atoms with Crippen LogP contribution in [0.5, 0.6) is 5.75 Å². The minimum atomic E-state index is -0.407. The zero-order chi connectivity index (χ0) is 19.5. The van der Waals surface area contributed by atoms with Crippen LogP contribution in [0.1, 0.15) is 57.4 Å². The minimum Gasteiger partial charge on any atom is -0.492 e. The van der Waals surface area contributed by atoms with Gasteiger partial charge >= 0.3 is 0 Å². The molecule has 8 heteroatoms. The van der Waals surface area contributed by atoms with E-state index in [1.54, 1.807) is 12.1 Å². The van der Waals surface area contributed by atoms with Gasteiger partial charge in [0.15, 0.2) is 0 Å². The molecule has 2 aromatic rings. The summed E-state index contributed by atoms with van der Waals surface area (Å²) in [5.74, 6) is 0.651. The van der Waals surface area contributed by atoms with Crippen molar-refractivity contribution in [2.45, 2.75) is 51.9 Å². The van der Waals surface area contributed by atoms with E-state index in [9.17, 15) is 4.79 Å². The maximum Gasteiger partial charge on any atom is 0.293 e. The van der Waals surface area contributed by atoms with Crippen molar-refractivity contribution in [2.75, 3.05) is 6.61 Å². The molecule has 1 N–H and O–H groups in total. The molecule has 2 rings (SSSR count). The molecule has 0 radical (unpaired) electrons. The van der Waals surface area contributed by atoms with Gasteiger partial charge < -0.3 is 4.74 Å². The third-order valence-corrected chi connectivity index (χ3v) is 4.58. The monoisotopic (exact) mass is 408 g/mol. The van der Waals surface area contributed by atoms with E-state index in [1.807, 2.05) is 6.07 Å². The van der Waals surface area contributed by atoms with E-state index in [2.05, 4.69) is 22.2 Å². The predicted molar refractivity (Wildman–Crippen MR) is 112 cm³/mol. The number of benzene rings is 1. The molecule has 0 atom stereocenters. The van der Waals surface area contributed by atoms with E-state index >= 15 is 0 Å². The molecule has 27 heavy (non-hydrogen) atoms. The highest BCUT2D eigenvalue weighted by molar-refractivity contribution is 7.71. The number of unbranched alkanes of at least 4 members (excludes halogenated alkanes) is 6. The van der Waals surface area contributed by atoms with E-state index in [-0.39, 0.29) is 4.77 Å². The lowest BCUT2D eigenvalue weighted by atomic mass is 10.1. The molecule has 146 valence electrons. The molecule has 0 saturated carbocycles. The summed E-state index contributed by atoms with van der Waals surface area (Å²) in [6.45, 7) is 2.88. The minimum absolute atomic E-state index is 0.125. The fourth-order valence-electron chi connectivity index (χ4n) is 2.53. The van der Waals surface area contributed by atoms with Crippen LogP contribution in [0.2, 0.25) is 5.02 Å². The average molecular weight is 409 g/mol. The second kappa shape index (κ2) is 11.7. The van der Waals surface area contributed by atoms with Crippen LogP contribution in [0.25, 0.3) is 0 Å². The van der Waals surface area contributed by atoms with Gasteiger partial charge in [-0.15, -0.1) is 0 Å². The molecule has 0 aliphatic heterocycles. The standard InChI is InChI=1S/C19H25ClN4O2S/c1-2-3-4-5-6-7-8-11-26-17-10-9-15(12-16(17)20)13-22-24-18(25)14-21-23-19(24)27/h9-10,12-14H,2-8,11H2,1H3,(H,23,27)/b22-13-. The lowest BCUT2D eigenvalue weighted by Crippen LogP contribution is -2.18. The summed E-state index contributed by atoms with van der Waals surface area (Å²) in [5, 5.41) is 10.7. The second-order valence-corrected chi connectivity index (χ2v) is 7.02. The summed E-state index contributed by atoms with van der Waals surface area (Å²) >= 11 is 11.3. The fraction of sp³-hybridized carbons (Fsp3) is 0.474. The van der Waals surface area contributed by atoms with Crippen LogP contribution in [-0.4, -0.2) is 27.7 Å². The van der Waals surface area contributed by atoms with Gasteiger partial charge in [-0.25, -0.2) is 0 Å². The maximum atomic E-state index is 11.7. The van der Waals surface area contributed by atoms with Crippen molar-refractivity contribution in [3.63, 3.8) is 0 Å². The Balaban J connectivity index is 1.84. The number of ether oxygens (including phenoxy) is 1. The number of H-pyrrole nitrogens is 1. The molecule has 1 heterocycles. The summed E-state index contributed by atoms with van der Waals surface area (Å²) in [6, 6.07) is 5.37. The Bertz CT molecular complexity index is 835. The SMILES string of the molecule is CCCCCCCCCOc1ccc(/C=N\n2c(=O)cn[nH]c2=S)cc1Cl. The Morgan fingerprint density at radius 2 is 2.00 bits per heavy atom. The van der Waals surface area contributed by atoms with Gasteiger partial charge in [0.25, 0.3) is 5.56 Å². The third-order valence-electron chi connectivity index (χ3n) is 4.02. The Hall–Kier alpha value is -1.99. The van der Waals surface area contributed by atoms with Gasteiger partial charge in [0.05, 0.1) is 17.8 Å². The van der Waals surface area contributed by atoms with Gasteiger partial charge in [0, 0.05) is 0 Å². The summed E-state index contributed by atoms with van der Waals surface area (Å²) in [7, 11) is 0. The average Bonchev–Trinajstić information content (AvgIpc) is 2.65. The number of aromatic amines is 1. The summed E-state index contributed by atoms with van der Waals surface area (Å²) in [6.07, 6.45) is 11.3. The molecule has 0 fully saturated rings. The molecule has 0 aliphatic rings. The van der Waals surface area contributed by atoms with E-state index in [0.29, 0.717) is 17.4 Å². The van der Waals surface area contributed by atoms with Crippen LogP contribution in [0.4, 0.5) is 0 Å². The van der Waals surface area contributed by atoms with Crippen LogP contribution in [-0.2, 0) is 0 Å². The maximum absolute atomic E-state index is 11.7. The molecule has 0 aliphatic carbocycles. The van der Waals surface area contributed by atoms with Crippen molar-refractivity contribution >= 4 is 30.0 Å². The Kier molecular flexibility index (Phi) is 9.21. The molecular weight excluding hydrogens is 384 g/mol. The summed E-state index contributed by atoms with van der Waals surface area (Å²) in [5.41, 5.74) is 0.331. The first-order valence-electron chi connectivity index (χ1n) is 9.25. The highest BCUT2D eigenvalue weighted by Gasteiger charge is 2.03. The highest BCUT2D eigenvalue weighted by atomic mass is 35.5. The van der Waals surface area contributed by atoms with Crippen LogP contribution in [0, 0.1) is 4.77 Å². The van der Waals surface area contributed by atoms with Gasteiger partial charge in [-0.3, -0.25) is 9.89 Å².